The van der Waals surface area contributed by atoms with Crippen molar-refractivity contribution in [1.29, 1.82) is 0 Å². The number of nitrogens with zero attached hydrogens (tertiary/aromatic N) is 10. The second kappa shape index (κ2) is 12.5. The molecule has 13 nitrogen and oxygen atoms in total. The number of hydrogen-bond acceptors (Lipinski definition) is 8. The minimum absolute atomic E-state index is 0.0948. The zero-order chi connectivity index (χ0) is 33.5. The van der Waals surface area contributed by atoms with Gasteiger partial charge in [0.2, 0.25) is 0 Å². The maximum absolute atomic E-state index is 13.5. The van der Waals surface area contributed by atoms with Gasteiger partial charge >= 0.3 is 0 Å². The largest absolute Gasteiger partial charge is 0.361 e. The van der Waals surface area contributed by atoms with E-state index in [-0.39, 0.29) is 24.4 Å². The lowest BCUT2D eigenvalue weighted by Gasteiger charge is -2.32. The molecule has 13 heteroatoms. The molecular formula is C36H35N11O2. The number of aromatic nitrogens is 8. The monoisotopic (exact) mass is 653 g/mol. The van der Waals surface area contributed by atoms with Crippen molar-refractivity contribution in [2.24, 2.45) is 0 Å². The summed E-state index contributed by atoms with van der Waals surface area (Å²) in [5.74, 6) is 0.851. The first-order valence-electron chi connectivity index (χ1n) is 16.4. The van der Waals surface area contributed by atoms with Gasteiger partial charge < -0.3 is 19.7 Å². The number of likely N-dealkylation sites (tertiary alicyclic amines) is 1. The van der Waals surface area contributed by atoms with Crippen LogP contribution in [0.1, 0.15) is 51.1 Å². The first-order chi connectivity index (χ1) is 23.9. The van der Waals surface area contributed by atoms with Gasteiger partial charge in [0.25, 0.3) is 11.8 Å². The van der Waals surface area contributed by atoms with Gasteiger partial charge in [-0.25, -0.2) is 4.68 Å². The first kappa shape index (κ1) is 30.2. The Labute approximate surface area is 281 Å². The lowest BCUT2D eigenvalue weighted by atomic mass is 10.0. The summed E-state index contributed by atoms with van der Waals surface area (Å²) in [7, 11) is 3.80. The number of amides is 2. The van der Waals surface area contributed by atoms with E-state index in [1.165, 1.54) is 21.8 Å². The van der Waals surface area contributed by atoms with Gasteiger partial charge in [-0.1, -0.05) is 47.7 Å². The van der Waals surface area contributed by atoms with Gasteiger partial charge in [0.15, 0.2) is 11.5 Å². The van der Waals surface area contributed by atoms with Gasteiger partial charge in [-0.3, -0.25) is 9.59 Å². The van der Waals surface area contributed by atoms with Crippen molar-refractivity contribution in [1.82, 2.24) is 49.6 Å². The number of carbonyl (C=O) groups excluding carboxylic acids is 2. The smallest absolute Gasteiger partial charge is 0.253 e. The molecule has 0 radical (unpaired) electrons. The minimum Gasteiger partial charge on any atom is -0.361 e. The van der Waals surface area contributed by atoms with Crippen LogP contribution in [-0.2, 0) is 13.1 Å². The average molecular weight is 654 g/mol. The molecule has 0 bridgehead atoms. The van der Waals surface area contributed by atoms with Crippen LogP contribution >= 0.6 is 0 Å². The number of anilines is 1. The maximum atomic E-state index is 13.5. The number of piperidine rings is 1. The predicted molar refractivity (Wildman–Crippen MR) is 185 cm³/mol. The molecular weight excluding hydrogens is 618 g/mol. The Hall–Kier alpha value is -6.11. The van der Waals surface area contributed by atoms with Crippen LogP contribution in [0.5, 0.6) is 0 Å². The van der Waals surface area contributed by atoms with E-state index in [0.29, 0.717) is 42.2 Å². The number of fused-ring (bicyclic) bond motifs is 4. The van der Waals surface area contributed by atoms with E-state index in [2.05, 4.69) is 84.0 Å². The Balaban J connectivity index is 0.895. The molecule has 1 fully saturated rings. The molecule has 1 aliphatic rings. The molecule has 1 N–H and O–H groups in total. The van der Waals surface area contributed by atoms with Crippen LogP contribution in [-0.4, -0.2) is 83.3 Å². The molecule has 1 aliphatic heterocycles. The van der Waals surface area contributed by atoms with Gasteiger partial charge in [-0.15, -0.1) is 20.4 Å². The zero-order valence-corrected chi connectivity index (χ0v) is 27.3. The van der Waals surface area contributed by atoms with Gasteiger partial charge in [-0.05, 0) is 55.3 Å². The van der Waals surface area contributed by atoms with Crippen LogP contribution in [0, 0.1) is 0 Å². The van der Waals surface area contributed by atoms with Crippen molar-refractivity contribution >= 4 is 45.1 Å². The van der Waals surface area contributed by atoms with Crippen LogP contribution in [0.25, 0.3) is 27.5 Å². The second-order valence-corrected chi connectivity index (χ2v) is 12.6. The van der Waals surface area contributed by atoms with E-state index >= 15 is 0 Å². The Kier molecular flexibility index (Phi) is 7.71. The minimum atomic E-state index is -0.309. The molecule has 7 aromatic rings. The summed E-state index contributed by atoms with van der Waals surface area (Å²) in [6.45, 7) is 1.94. The van der Waals surface area contributed by atoms with Gasteiger partial charge in [-0.2, -0.15) is 4.52 Å². The highest BCUT2D eigenvalue weighted by molar-refractivity contribution is 6.08. The average Bonchev–Trinajstić information content (AvgIpc) is 3.87. The summed E-state index contributed by atoms with van der Waals surface area (Å²) in [6.07, 6.45) is 3.56. The van der Waals surface area contributed by atoms with E-state index in [1.807, 2.05) is 46.9 Å². The molecule has 2 amide bonds. The second-order valence-electron chi connectivity index (χ2n) is 12.6. The van der Waals surface area contributed by atoms with E-state index in [9.17, 15) is 9.59 Å². The summed E-state index contributed by atoms with van der Waals surface area (Å²) >= 11 is 0. The molecule has 3 aromatic carbocycles. The van der Waals surface area contributed by atoms with Gasteiger partial charge in [0, 0.05) is 60.1 Å². The van der Waals surface area contributed by atoms with Crippen LogP contribution in [0.4, 0.5) is 5.82 Å². The van der Waals surface area contributed by atoms with Crippen LogP contribution in [0.2, 0.25) is 0 Å². The summed E-state index contributed by atoms with van der Waals surface area (Å²) in [5.41, 5.74) is 4.71. The Morgan fingerprint density at radius 3 is 2.29 bits per heavy atom. The van der Waals surface area contributed by atoms with Crippen LogP contribution in [0.15, 0.2) is 91.1 Å². The quantitative estimate of drug-likeness (QED) is 0.256. The lowest BCUT2D eigenvalue weighted by Crippen LogP contribution is -2.39. The lowest BCUT2D eigenvalue weighted by molar-refractivity contribution is 0.0689. The number of rotatable bonds is 8. The third-order valence-electron chi connectivity index (χ3n) is 9.23. The summed E-state index contributed by atoms with van der Waals surface area (Å²) < 4.78 is 5.86. The number of hydrogen-bond donors (Lipinski definition) is 1. The van der Waals surface area contributed by atoms with Crippen molar-refractivity contribution in [2.45, 2.75) is 32.0 Å². The zero-order valence-electron chi connectivity index (χ0n) is 27.3. The third-order valence-corrected chi connectivity index (χ3v) is 9.23. The van der Waals surface area contributed by atoms with Gasteiger partial charge in [0.05, 0.1) is 25.3 Å². The molecule has 49 heavy (non-hydrogen) atoms. The molecule has 0 atom stereocenters. The number of nitrogens with one attached hydrogen (secondary N) is 1. The molecule has 0 unspecified atom stereocenters. The van der Waals surface area contributed by atoms with Gasteiger partial charge in [0.1, 0.15) is 11.5 Å². The van der Waals surface area contributed by atoms with E-state index in [1.54, 1.807) is 28.8 Å². The highest BCUT2D eigenvalue weighted by Gasteiger charge is 2.26. The SMILES string of the molecule is CN(C)c1ccc2nnc(CNC(=O)c3cccc(C(=O)N4CCC(n5cc(Cn6c7ccccc7c7ccccc76)nn5)CC4)c3)n2n1. The van der Waals surface area contributed by atoms with Crippen molar-refractivity contribution in [3.63, 3.8) is 0 Å². The number of para-hydroxylation sites is 2. The van der Waals surface area contributed by atoms with Crippen molar-refractivity contribution in [3.8, 4) is 0 Å². The van der Waals surface area contributed by atoms with Crippen molar-refractivity contribution in [2.75, 3.05) is 32.1 Å². The summed E-state index contributed by atoms with van der Waals surface area (Å²) in [4.78, 5) is 30.3. The Morgan fingerprint density at radius 2 is 1.55 bits per heavy atom. The highest BCUT2D eigenvalue weighted by atomic mass is 16.2. The summed E-state index contributed by atoms with van der Waals surface area (Å²) in [6, 6.07) is 27.6. The fraction of sp³-hybridized carbons (Fsp3) is 0.250. The number of carbonyl (C=O) groups is 2. The maximum Gasteiger partial charge on any atom is 0.253 e. The molecule has 0 spiro atoms. The third kappa shape index (κ3) is 5.73. The molecule has 4 aromatic heterocycles. The Morgan fingerprint density at radius 1 is 0.837 bits per heavy atom. The standard InChI is InChI=1S/C36H35N11O2/c1-43(2)33-15-14-32-39-40-34(47(32)41-33)21-37-35(48)24-8-7-9-25(20-24)36(49)44-18-16-27(17-19-44)46-23-26(38-42-46)22-45-30-12-5-3-10-28(30)29-11-4-6-13-31(29)45/h3-15,20,23,27H,16-19,21-22H2,1-2H3,(H,37,48). The van der Waals surface area contributed by atoms with E-state index < -0.39 is 0 Å². The normalized spacial score (nSPS) is 13.8. The van der Waals surface area contributed by atoms with E-state index in [4.69, 9.17) is 0 Å². The molecule has 8 rings (SSSR count). The Bertz CT molecular complexity index is 2270. The van der Waals surface area contributed by atoms with Crippen molar-refractivity contribution < 1.29 is 9.59 Å². The van der Waals surface area contributed by atoms with E-state index in [0.717, 1.165) is 24.4 Å². The highest BCUT2D eigenvalue weighted by Crippen LogP contribution is 2.30. The molecule has 1 saturated heterocycles. The molecule has 0 saturated carbocycles. The topological polar surface area (TPSA) is 131 Å². The predicted octanol–water partition coefficient (Wildman–Crippen LogP) is 4.35. The van der Waals surface area contributed by atoms with Crippen LogP contribution < -0.4 is 10.2 Å². The van der Waals surface area contributed by atoms with Crippen LogP contribution in [0.3, 0.4) is 0 Å². The fourth-order valence-electron chi connectivity index (χ4n) is 6.64. The molecule has 0 aliphatic carbocycles. The molecule has 5 heterocycles. The first-order valence-corrected chi connectivity index (χ1v) is 16.4. The summed E-state index contributed by atoms with van der Waals surface area (Å²) in [5, 5.41) is 27.2. The fourth-order valence-corrected chi connectivity index (χ4v) is 6.64. The van der Waals surface area contributed by atoms with Crippen molar-refractivity contribution in [3.05, 3.63) is 114 Å². The number of benzene rings is 3. The molecule has 246 valence electrons.